The van der Waals surface area contributed by atoms with Crippen LogP contribution in [0, 0.1) is 12.8 Å². The van der Waals surface area contributed by atoms with Crippen molar-refractivity contribution in [3.63, 3.8) is 0 Å². The highest BCUT2D eigenvalue weighted by molar-refractivity contribution is 5.76. The molecule has 1 atom stereocenters. The van der Waals surface area contributed by atoms with Crippen LogP contribution < -0.4 is 5.73 Å². The van der Waals surface area contributed by atoms with E-state index in [0.717, 1.165) is 11.5 Å². The minimum Gasteiger partial charge on any atom is -0.361 e. The zero-order chi connectivity index (χ0) is 12.1. The standard InChI is InChI=1S/C11H19N3O2/c1-8(6-12)4-11(15)14(3)7-10-5-9(2)16-13-10/h5,8H,4,6-7,12H2,1-3H3. The molecule has 1 unspecified atom stereocenters. The van der Waals surface area contributed by atoms with Gasteiger partial charge in [0.25, 0.3) is 0 Å². The maximum Gasteiger partial charge on any atom is 0.222 e. The molecule has 0 aliphatic rings. The summed E-state index contributed by atoms with van der Waals surface area (Å²) in [6, 6.07) is 1.83. The summed E-state index contributed by atoms with van der Waals surface area (Å²) >= 11 is 0. The average Bonchev–Trinajstić information content (AvgIpc) is 2.63. The van der Waals surface area contributed by atoms with Crippen LogP contribution in [0.2, 0.25) is 0 Å². The van der Waals surface area contributed by atoms with E-state index in [9.17, 15) is 4.79 Å². The molecule has 1 rings (SSSR count). The molecule has 0 saturated carbocycles. The molecule has 1 amide bonds. The van der Waals surface area contributed by atoms with Crippen molar-refractivity contribution < 1.29 is 9.32 Å². The van der Waals surface area contributed by atoms with Crippen LogP contribution in [0.15, 0.2) is 10.6 Å². The normalized spacial score (nSPS) is 12.5. The van der Waals surface area contributed by atoms with Crippen molar-refractivity contribution >= 4 is 5.91 Å². The molecule has 0 saturated heterocycles. The van der Waals surface area contributed by atoms with Gasteiger partial charge in [0.2, 0.25) is 5.91 Å². The van der Waals surface area contributed by atoms with Gasteiger partial charge in [0.05, 0.1) is 6.54 Å². The van der Waals surface area contributed by atoms with E-state index in [1.807, 2.05) is 19.9 Å². The Labute approximate surface area is 95.6 Å². The second-order valence-electron chi connectivity index (χ2n) is 4.22. The summed E-state index contributed by atoms with van der Waals surface area (Å²) in [5.41, 5.74) is 6.25. The number of carbonyl (C=O) groups is 1. The number of nitrogens with zero attached hydrogens (tertiary/aromatic N) is 2. The Morgan fingerprint density at radius 3 is 2.88 bits per heavy atom. The van der Waals surface area contributed by atoms with E-state index >= 15 is 0 Å². The lowest BCUT2D eigenvalue weighted by Gasteiger charge is -2.17. The highest BCUT2D eigenvalue weighted by atomic mass is 16.5. The van der Waals surface area contributed by atoms with Gasteiger partial charge in [-0.05, 0) is 19.4 Å². The van der Waals surface area contributed by atoms with Crippen molar-refractivity contribution in [1.82, 2.24) is 10.1 Å². The van der Waals surface area contributed by atoms with Gasteiger partial charge in [-0.15, -0.1) is 0 Å². The van der Waals surface area contributed by atoms with E-state index in [4.69, 9.17) is 10.3 Å². The van der Waals surface area contributed by atoms with Gasteiger partial charge >= 0.3 is 0 Å². The predicted octanol–water partition coefficient (Wildman–Crippen LogP) is 0.926. The fourth-order valence-corrected chi connectivity index (χ4v) is 1.36. The van der Waals surface area contributed by atoms with Crippen molar-refractivity contribution in [1.29, 1.82) is 0 Å². The van der Waals surface area contributed by atoms with Crippen LogP contribution in [0.5, 0.6) is 0 Å². The molecule has 0 aliphatic carbocycles. The summed E-state index contributed by atoms with van der Waals surface area (Å²) < 4.78 is 4.94. The number of amides is 1. The molecule has 0 fully saturated rings. The van der Waals surface area contributed by atoms with E-state index in [1.165, 1.54) is 0 Å². The molecule has 0 radical (unpaired) electrons. The van der Waals surface area contributed by atoms with Crippen molar-refractivity contribution in [2.45, 2.75) is 26.8 Å². The molecule has 90 valence electrons. The molecule has 2 N–H and O–H groups in total. The molecule has 1 heterocycles. The Kier molecular flexibility index (Phi) is 4.49. The van der Waals surface area contributed by atoms with Crippen LogP contribution in [0.4, 0.5) is 0 Å². The van der Waals surface area contributed by atoms with Gasteiger partial charge in [0.15, 0.2) is 0 Å². The first-order valence-electron chi connectivity index (χ1n) is 5.39. The third kappa shape index (κ3) is 3.66. The number of hydrogen-bond acceptors (Lipinski definition) is 4. The van der Waals surface area contributed by atoms with Crippen LogP contribution >= 0.6 is 0 Å². The lowest BCUT2D eigenvalue weighted by Crippen LogP contribution is -2.29. The first kappa shape index (κ1) is 12.7. The SMILES string of the molecule is Cc1cc(CN(C)C(=O)CC(C)CN)no1. The molecular weight excluding hydrogens is 206 g/mol. The molecule has 16 heavy (non-hydrogen) atoms. The zero-order valence-electron chi connectivity index (χ0n) is 10.1. The van der Waals surface area contributed by atoms with Gasteiger partial charge in [-0.1, -0.05) is 12.1 Å². The van der Waals surface area contributed by atoms with Crippen molar-refractivity contribution in [2.24, 2.45) is 11.7 Å². The van der Waals surface area contributed by atoms with Crippen molar-refractivity contribution in [2.75, 3.05) is 13.6 Å². The zero-order valence-corrected chi connectivity index (χ0v) is 10.1. The van der Waals surface area contributed by atoms with Gasteiger partial charge in [-0.2, -0.15) is 0 Å². The molecule has 1 aromatic rings. The minimum absolute atomic E-state index is 0.0820. The summed E-state index contributed by atoms with van der Waals surface area (Å²) in [5, 5.41) is 3.84. The van der Waals surface area contributed by atoms with Crippen molar-refractivity contribution in [3.05, 3.63) is 17.5 Å². The van der Waals surface area contributed by atoms with E-state index in [1.54, 1.807) is 11.9 Å². The van der Waals surface area contributed by atoms with Crippen LogP contribution in [0.3, 0.4) is 0 Å². The fourth-order valence-electron chi connectivity index (χ4n) is 1.36. The number of carbonyl (C=O) groups excluding carboxylic acids is 1. The molecule has 0 aromatic carbocycles. The first-order chi connectivity index (χ1) is 7.52. The van der Waals surface area contributed by atoms with Crippen LogP contribution in [0.1, 0.15) is 24.8 Å². The first-order valence-corrected chi connectivity index (χ1v) is 5.39. The molecular formula is C11H19N3O2. The third-order valence-corrected chi connectivity index (χ3v) is 2.43. The number of aromatic nitrogens is 1. The Hall–Kier alpha value is -1.36. The number of aryl methyl sites for hydroxylation is 1. The van der Waals surface area contributed by atoms with Crippen LogP contribution in [-0.2, 0) is 11.3 Å². The Balaban J connectivity index is 2.45. The third-order valence-electron chi connectivity index (χ3n) is 2.43. The summed E-state index contributed by atoms with van der Waals surface area (Å²) in [4.78, 5) is 13.4. The topological polar surface area (TPSA) is 72.4 Å². The lowest BCUT2D eigenvalue weighted by atomic mass is 10.1. The van der Waals surface area contributed by atoms with Gasteiger partial charge in [-0.3, -0.25) is 4.79 Å². The van der Waals surface area contributed by atoms with Crippen molar-refractivity contribution in [3.8, 4) is 0 Å². The lowest BCUT2D eigenvalue weighted by molar-refractivity contribution is -0.131. The monoisotopic (exact) mass is 225 g/mol. The second-order valence-corrected chi connectivity index (χ2v) is 4.22. The molecule has 0 spiro atoms. The van der Waals surface area contributed by atoms with Gasteiger partial charge in [-0.25, -0.2) is 0 Å². The Morgan fingerprint density at radius 2 is 2.38 bits per heavy atom. The van der Waals surface area contributed by atoms with Gasteiger partial charge < -0.3 is 15.2 Å². The summed E-state index contributed by atoms with van der Waals surface area (Å²) in [6.45, 7) is 4.80. The molecule has 0 bridgehead atoms. The molecule has 5 heteroatoms. The summed E-state index contributed by atoms with van der Waals surface area (Å²) in [6.07, 6.45) is 0.476. The van der Waals surface area contributed by atoms with Gasteiger partial charge in [0, 0.05) is 19.5 Å². The maximum absolute atomic E-state index is 11.7. The number of hydrogen-bond donors (Lipinski definition) is 1. The highest BCUT2D eigenvalue weighted by Gasteiger charge is 2.14. The maximum atomic E-state index is 11.7. The minimum atomic E-state index is 0.0820. The van der Waals surface area contributed by atoms with E-state index in [0.29, 0.717) is 19.5 Å². The Bertz CT molecular complexity index is 349. The molecule has 0 aliphatic heterocycles. The van der Waals surface area contributed by atoms with Crippen LogP contribution in [0.25, 0.3) is 0 Å². The smallest absolute Gasteiger partial charge is 0.222 e. The largest absolute Gasteiger partial charge is 0.361 e. The van der Waals surface area contributed by atoms with E-state index in [-0.39, 0.29) is 11.8 Å². The van der Waals surface area contributed by atoms with E-state index in [2.05, 4.69) is 5.16 Å². The van der Waals surface area contributed by atoms with E-state index < -0.39 is 0 Å². The molecule has 1 aromatic heterocycles. The number of nitrogens with two attached hydrogens (primary N) is 1. The fraction of sp³-hybridized carbons (Fsp3) is 0.636. The Morgan fingerprint density at radius 1 is 1.69 bits per heavy atom. The summed E-state index contributed by atoms with van der Waals surface area (Å²) in [5.74, 6) is 1.05. The average molecular weight is 225 g/mol. The molecule has 5 nitrogen and oxygen atoms in total. The van der Waals surface area contributed by atoms with Crippen LogP contribution in [-0.4, -0.2) is 29.6 Å². The predicted molar refractivity (Wildman–Crippen MR) is 60.5 cm³/mol. The second kappa shape index (κ2) is 5.65. The highest BCUT2D eigenvalue weighted by Crippen LogP contribution is 2.08. The summed E-state index contributed by atoms with van der Waals surface area (Å²) in [7, 11) is 1.76. The number of rotatable bonds is 5. The van der Waals surface area contributed by atoms with Gasteiger partial charge in [0.1, 0.15) is 11.5 Å². The quantitative estimate of drug-likeness (QED) is 0.809.